The van der Waals surface area contributed by atoms with Crippen molar-refractivity contribution in [3.63, 3.8) is 0 Å². The number of ether oxygens (including phenoxy) is 1. The van der Waals surface area contributed by atoms with Crippen LogP contribution in [0.4, 0.5) is 0 Å². The maximum absolute atomic E-state index is 12.0. The molecule has 0 aliphatic carbocycles. The number of halogens is 1. The van der Waals surface area contributed by atoms with Crippen LogP contribution in [0.2, 0.25) is 5.02 Å². The Morgan fingerprint density at radius 2 is 1.68 bits per heavy atom. The van der Waals surface area contributed by atoms with Crippen molar-refractivity contribution >= 4 is 23.6 Å². The highest BCUT2D eigenvalue weighted by Gasteiger charge is 2.11. The number of carbonyl (C=O) groups is 1. The van der Waals surface area contributed by atoms with E-state index in [9.17, 15) is 4.79 Å². The molecule has 2 aromatic rings. The normalized spacial score (nSPS) is 9.23. The molecule has 0 saturated heterocycles. The molecule has 0 amide bonds. The molecule has 2 aromatic carbocycles. The molecule has 0 aliphatic heterocycles. The van der Waals surface area contributed by atoms with Gasteiger partial charge in [-0.1, -0.05) is 35.9 Å². The maximum atomic E-state index is 12.0. The fourth-order valence-electron chi connectivity index (χ4n) is 1.68. The van der Waals surface area contributed by atoms with Crippen LogP contribution in [-0.4, -0.2) is 5.97 Å². The largest absolute Gasteiger partial charge is 0.423 e. The predicted molar refractivity (Wildman–Crippen MR) is 82.1 cm³/mol. The molecule has 0 heterocycles. The Balaban J connectivity index is 2.14. The zero-order valence-corrected chi connectivity index (χ0v) is 12.0. The second-order valence-electron chi connectivity index (χ2n) is 4.22. The van der Waals surface area contributed by atoms with E-state index in [4.69, 9.17) is 26.9 Å². The van der Waals surface area contributed by atoms with Gasteiger partial charge >= 0.3 is 5.97 Å². The lowest BCUT2D eigenvalue weighted by Gasteiger charge is -2.05. The molecule has 2 rings (SSSR count). The molecule has 0 atom stereocenters. The summed E-state index contributed by atoms with van der Waals surface area (Å²) in [6, 6.07) is 16.6. The maximum Gasteiger partial charge on any atom is 0.345 e. The molecule has 0 spiro atoms. The van der Waals surface area contributed by atoms with Gasteiger partial charge in [-0.2, -0.15) is 10.5 Å². The van der Waals surface area contributed by atoms with Gasteiger partial charge < -0.3 is 4.74 Å². The van der Waals surface area contributed by atoms with Gasteiger partial charge in [0, 0.05) is 0 Å². The summed E-state index contributed by atoms with van der Waals surface area (Å²) in [5.74, 6) is -0.207. The summed E-state index contributed by atoms with van der Waals surface area (Å²) in [6.45, 7) is 0. The van der Waals surface area contributed by atoms with E-state index in [1.165, 1.54) is 6.08 Å². The Kier molecular flexibility index (Phi) is 4.93. The molecule has 4 nitrogen and oxygen atoms in total. The van der Waals surface area contributed by atoms with Gasteiger partial charge in [0.2, 0.25) is 0 Å². The third-order valence-corrected chi connectivity index (χ3v) is 3.07. The van der Waals surface area contributed by atoms with Crippen molar-refractivity contribution in [1.29, 1.82) is 10.5 Å². The first-order valence-electron chi connectivity index (χ1n) is 6.22. The van der Waals surface area contributed by atoms with E-state index in [1.807, 2.05) is 0 Å². The van der Waals surface area contributed by atoms with Gasteiger partial charge in [-0.3, -0.25) is 0 Å². The molecule has 22 heavy (non-hydrogen) atoms. The topological polar surface area (TPSA) is 73.9 Å². The first-order valence-corrected chi connectivity index (χ1v) is 6.60. The standard InChI is InChI=1S/C17H9ClN2O2/c18-16-4-2-1-3-15(16)17(21)22-14-7-5-12(6-8-14)9-13(10-19)11-20/h1-9H. The van der Waals surface area contributed by atoms with Crippen molar-refractivity contribution in [2.24, 2.45) is 0 Å². The Labute approximate surface area is 132 Å². The molecule has 0 aliphatic rings. The first kappa shape index (κ1) is 15.3. The van der Waals surface area contributed by atoms with E-state index in [-0.39, 0.29) is 11.1 Å². The fourth-order valence-corrected chi connectivity index (χ4v) is 1.89. The number of nitrogens with zero attached hydrogens (tertiary/aromatic N) is 2. The number of benzene rings is 2. The van der Waals surface area contributed by atoms with Crippen molar-refractivity contribution in [3.8, 4) is 17.9 Å². The Morgan fingerprint density at radius 3 is 2.27 bits per heavy atom. The molecule has 0 bridgehead atoms. The summed E-state index contributed by atoms with van der Waals surface area (Å²) >= 11 is 5.93. The van der Waals surface area contributed by atoms with Gasteiger partial charge in [0.1, 0.15) is 23.5 Å². The second-order valence-corrected chi connectivity index (χ2v) is 4.63. The fraction of sp³-hybridized carbons (Fsp3) is 0. The van der Waals surface area contributed by atoms with Crippen molar-refractivity contribution in [2.75, 3.05) is 0 Å². The minimum atomic E-state index is -0.552. The van der Waals surface area contributed by atoms with Crippen molar-refractivity contribution in [1.82, 2.24) is 0 Å². The van der Waals surface area contributed by atoms with Crippen LogP contribution in [0.5, 0.6) is 5.75 Å². The summed E-state index contributed by atoms with van der Waals surface area (Å²) in [7, 11) is 0. The van der Waals surface area contributed by atoms with Gasteiger partial charge in [-0.25, -0.2) is 4.79 Å². The van der Waals surface area contributed by atoms with E-state index < -0.39 is 5.97 Å². The minimum absolute atomic E-state index is 0.000752. The quantitative estimate of drug-likeness (QED) is 0.488. The smallest absolute Gasteiger partial charge is 0.345 e. The van der Waals surface area contributed by atoms with Gasteiger partial charge in [0.25, 0.3) is 0 Å². The van der Waals surface area contributed by atoms with E-state index in [0.717, 1.165) is 0 Å². The van der Waals surface area contributed by atoms with Crippen LogP contribution in [0.1, 0.15) is 15.9 Å². The molecular formula is C17H9ClN2O2. The van der Waals surface area contributed by atoms with Gasteiger partial charge in [-0.05, 0) is 35.9 Å². The average Bonchev–Trinajstić information content (AvgIpc) is 2.54. The van der Waals surface area contributed by atoms with Crippen LogP contribution in [0.15, 0.2) is 54.1 Å². The van der Waals surface area contributed by atoms with Crippen LogP contribution in [0.25, 0.3) is 6.08 Å². The molecule has 106 valence electrons. The van der Waals surface area contributed by atoms with Crippen LogP contribution >= 0.6 is 11.6 Å². The van der Waals surface area contributed by atoms with Crippen molar-refractivity contribution in [3.05, 3.63) is 70.3 Å². The molecule has 0 N–H and O–H groups in total. The zero-order valence-electron chi connectivity index (χ0n) is 11.3. The molecule has 0 unspecified atom stereocenters. The van der Waals surface area contributed by atoms with Gasteiger partial charge in [0.15, 0.2) is 0 Å². The van der Waals surface area contributed by atoms with Crippen LogP contribution in [-0.2, 0) is 0 Å². The van der Waals surface area contributed by atoms with Gasteiger partial charge in [-0.15, -0.1) is 0 Å². The number of nitriles is 2. The Morgan fingerprint density at radius 1 is 1.05 bits per heavy atom. The number of hydrogen-bond acceptors (Lipinski definition) is 4. The molecule has 0 fully saturated rings. The highest BCUT2D eigenvalue weighted by molar-refractivity contribution is 6.33. The SMILES string of the molecule is N#CC(C#N)=Cc1ccc(OC(=O)c2ccccc2Cl)cc1. The van der Waals surface area contributed by atoms with Gasteiger partial charge in [0.05, 0.1) is 10.6 Å². The average molecular weight is 309 g/mol. The zero-order chi connectivity index (χ0) is 15.9. The predicted octanol–water partition coefficient (Wildman–Crippen LogP) is 3.99. The number of carbonyl (C=O) groups excluding carboxylic acids is 1. The summed E-state index contributed by atoms with van der Waals surface area (Å²) in [6.07, 6.45) is 1.44. The lowest BCUT2D eigenvalue weighted by Crippen LogP contribution is -2.08. The number of esters is 1. The lowest BCUT2D eigenvalue weighted by atomic mass is 10.1. The Bertz CT molecular complexity index is 796. The highest BCUT2D eigenvalue weighted by atomic mass is 35.5. The lowest BCUT2D eigenvalue weighted by molar-refractivity contribution is 0.0735. The molecule has 5 heteroatoms. The van der Waals surface area contributed by atoms with Crippen LogP contribution in [0.3, 0.4) is 0 Å². The summed E-state index contributed by atoms with van der Waals surface area (Å²) in [5.41, 5.74) is 0.945. The van der Waals surface area contributed by atoms with E-state index in [1.54, 1.807) is 60.7 Å². The van der Waals surface area contributed by atoms with E-state index in [2.05, 4.69) is 0 Å². The third kappa shape index (κ3) is 3.73. The number of allylic oxidation sites excluding steroid dienone is 1. The van der Waals surface area contributed by atoms with E-state index in [0.29, 0.717) is 16.3 Å². The van der Waals surface area contributed by atoms with Crippen molar-refractivity contribution < 1.29 is 9.53 Å². The monoisotopic (exact) mass is 308 g/mol. The summed E-state index contributed by atoms with van der Waals surface area (Å²) in [4.78, 5) is 12.0. The van der Waals surface area contributed by atoms with E-state index >= 15 is 0 Å². The van der Waals surface area contributed by atoms with Crippen LogP contribution in [0, 0.1) is 22.7 Å². The minimum Gasteiger partial charge on any atom is -0.423 e. The molecule has 0 radical (unpaired) electrons. The molecular weight excluding hydrogens is 300 g/mol. The Hall–Kier alpha value is -3.08. The summed E-state index contributed by atoms with van der Waals surface area (Å²) < 4.78 is 5.22. The molecule has 0 aromatic heterocycles. The number of rotatable bonds is 3. The highest BCUT2D eigenvalue weighted by Crippen LogP contribution is 2.19. The molecule has 0 saturated carbocycles. The van der Waals surface area contributed by atoms with Crippen LogP contribution < -0.4 is 4.74 Å². The second kappa shape index (κ2) is 7.08. The summed E-state index contributed by atoms with van der Waals surface area (Å²) in [5, 5.41) is 17.7. The van der Waals surface area contributed by atoms with Crippen molar-refractivity contribution in [2.45, 2.75) is 0 Å². The third-order valence-electron chi connectivity index (χ3n) is 2.74. The first-order chi connectivity index (χ1) is 10.6. The number of hydrogen-bond donors (Lipinski definition) is 0.